The molecule has 2 N–H and O–H groups in total. The van der Waals surface area contributed by atoms with Crippen molar-refractivity contribution in [3.63, 3.8) is 0 Å². The standard InChI is InChI=1S/C20H24Cl2N2O5/c1-6-7-15(24-19(27)29-20(2,3)4)18(26)23-16(11-17(25)28-5)12-8-13(21)10-14(22)9-12/h1,8-10,15-16H,7,11H2,2-5H3,(H,23,26)(H,24,27)/t15-,16?/m0/s1. The average molecular weight is 443 g/mol. The number of rotatable bonds is 7. The first-order valence-corrected chi connectivity index (χ1v) is 9.47. The van der Waals surface area contributed by atoms with Crippen molar-refractivity contribution >= 4 is 41.2 Å². The van der Waals surface area contributed by atoms with Crippen LogP contribution < -0.4 is 10.6 Å². The highest BCUT2D eigenvalue weighted by Gasteiger charge is 2.27. The van der Waals surface area contributed by atoms with Gasteiger partial charge in [0.25, 0.3) is 0 Å². The van der Waals surface area contributed by atoms with E-state index in [1.54, 1.807) is 32.9 Å². The Hall–Kier alpha value is -2.43. The molecule has 0 saturated heterocycles. The first-order chi connectivity index (χ1) is 13.4. The van der Waals surface area contributed by atoms with Crippen LogP contribution in [-0.2, 0) is 19.1 Å². The van der Waals surface area contributed by atoms with E-state index in [1.807, 2.05) is 0 Å². The third-order valence-corrected chi connectivity index (χ3v) is 3.97. The van der Waals surface area contributed by atoms with E-state index >= 15 is 0 Å². The fourth-order valence-electron chi connectivity index (χ4n) is 2.33. The number of ether oxygens (including phenoxy) is 2. The SMILES string of the molecule is C#CC[C@H](NC(=O)OC(C)(C)C)C(=O)NC(CC(=O)OC)c1cc(Cl)cc(Cl)c1. The zero-order chi connectivity index (χ0) is 22.2. The van der Waals surface area contributed by atoms with Crippen molar-refractivity contribution in [3.8, 4) is 12.3 Å². The van der Waals surface area contributed by atoms with Gasteiger partial charge in [0.2, 0.25) is 5.91 Å². The van der Waals surface area contributed by atoms with E-state index in [1.165, 1.54) is 13.2 Å². The molecule has 0 fully saturated rings. The Balaban J connectivity index is 3.04. The molecule has 158 valence electrons. The Morgan fingerprint density at radius 2 is 1.72 bits per heavy atom. The van der Waals surface area contributed by atoms with Gasteiger partial charge in [0.05, 0.1) is 19.6 Å². The molecule has 1 rings (SSSR count). The van der Waals surface area contributed by atoms with Crippen LogP contribution in [0.25, 0.3) is 0 Å². The third kappa shape index (κ3) is 9.07. The van der Waals surface area contributed by atoms with E-state index in [4.69, 9.17) is 39.1 Å². The summed E-state index contributed by atoms with van der Waals surface area (Å²) in [6, 6.07) is 2.79. The molecular weight excluding hydrogens is 419 g/mol. The van der Waals surface area contributed by atoms with Gasteiger partial charge < -0.3 is 20.1 Å². The largest absolute Gasteiger partial charge is 0.469 e. The third-order valence-electron chi connectivity index (χ3n) is 3.53. The minimum Gasteiger partial charge on any atom is -0.469 e. The monoisotopic (exact) mass is 442 g/mol. The van der Waals surface area contributed by atoms with Crippen LogP contribution in [0.2, 0.25) is 10.0 Å². The van der Waals surface area contributed by atoms with Gasteiger partial charge in [-0.2, -0.15) is 0 Å². The zero-order valence-electron chi connectivity index (χ0n) is 16.7. The molecule has 0 heterocycles. The molecule has 1 unspecified atom stereocenters. The topological polar surface area (TPSA) is 93.7 Å². The Bertz CT molecular complexity index is 779. The predicted molar refractivity (Wildman–Crippen MR) is 111 cm³/mol. The first kappa shape index (κ1) is 24.6. The van der Waals surface area contributed by atoms with Crippen molar-refractivity contribution < 1.29 is 23.9 Å². The van der Waals surface area contributed by atoms with Crippen molar-refractivity contribution in [2.45, 2.75) is 51.3 Å². The number of methoxy groups -OCH3 is 1. The number of amides is 2. The number of hydrogen-bond acceptors (Lipinski definition) is 5. The molecule has 0 spiro atoms. The number of carbonyl (C=O) groups is 3. The predicted octanol–water partition coefficient (Wildman–Crippen LogP) is 3.63. The number of carbonyl (C=O) groups excluding carboxylic acids is 3. The van der Waals surface area contributed by atoms with Crippen LogP contribution in [-0.4, -0.2) is 36.7 Å². The van der Waals surface area contributed by atoms with Crippen molar-refractivity contribution in [2.75, 3.05) is 7.11 Å². The molecule has 1 aromatic carbocycles. The number of alkyl carbamates (subject to hydrolysis) is 1. The van der Waals surface area contributed by atoms with Gasteiger partial charge in [-0.05, 0) is 44.5 Å². The van der Waals surface area contributed by atoms with E-state index in [-0.39, 0.29) is 12.8 Å². The Kier molecular flexibility index (Phi) is 9.28. The molecule has 0 aromatic heterocycles. The number of nitrogens with one attached hydrogen (secondary N) is 2. The zero-order valence-corrected chi connectivity index (χ0v) is 18.2. The second-order valence-corrected chi connectivity index (χ2v) is 8.02. The lowest BCUT2D eigenvalue weighted by atomic mass is 10.0. The quantitative estimate of drug-likeness (QED) is 0.496. The maximum absolute atomic E-state index is 12.8. The molecule has 2 atom stereocenters. The van der Waals surface area contributed by atoms with Gasteiger partial charge >= 0.3 is 12.1 Å². The summed E-state index contributed by atoms with van der Waals surface area (Å²) in [6.45, 7) is 5.08. The summed E-state index contributed by atoms with van der Waals surface area (Å²) in [5.74, 6) is 1.18. The minimum absolute atomic E-state index is 0.0771. The van der Waals surface area contributed by atoms with Gasteiger partial charge in [-0.25, -0.2) is 4.79 Å². The summed E-state index contributed by atoms with van der Waals surface area (Å²) in [7, 11) is 1.23. The first-order valence-electron chi connectivity index (χ1n) is 8.71. The van der Waals surface area contributed by atoms with E-state index in [0.717, 1.165) is 0 Å². The van der Waals surface area contributed by atoms with Gasteiger partial charge in [0.15, 0.2) is 0 Å². The van der Waals surface area contributed by atoms with Crippen molar-refractivity contribution in [1.29, 1.82) is 0 Å². The van der Waals surface area contributed by atoms with Gasteiger partial charge in [-0.3, -0.25) is 9.59 Å². The summed E-state index contributed by atoms with van der Waals surface area (Å²) in [4.78, 5) is 36.6. The number of hydrogen-bond donors (Lipinski definition) is 2. The van der Waals surface area contributed by atoms with Crippen molar-refractivity contribution in [1.82, 2.24) is 10.6 Å². The van der Waals surface area contributed by atoms with Crippen LogP contribution in [0.1, 0.15) is 45.2 Å². The summed E-state index contributed by atoms with van der Waals surface area (Å²) in [5.41, 5.74) is -0.246. The second kappa shape index (κ2) is 10.9. The number of benzene rings is 1. The van der Waals surface area contributed by atoms with Crippen molar-refractivity contribution in [3.05, 3.63) is 33.8 Å². The molecule has 1 aromatic rings. The van der Waals surface area contributed by atoms with Crippen LogP contribution >= 0.6 is 23.2 Å². The lowest BCUT2D eigenvalue weighted by Crippen LogP contribution is -2.49. The Morgan fingerprint density at radius 3 is 2.21 bits per heavy atom. The fraction of sp³-hybridized carbons (Fsp3) is 0.450. The van der Waals surface area contributed by atoms with Crippen LogP contribution in [0.5, 0.6) is 0 Å². The molecule has 0 aliphatic heterocycles. The van der Waals surface area contributed by atoms with E-state index in [2.05, 4.69) is 16.6 Å². The molecule has 0 aliphatic carbocycles. The summed E-state index contributed by atoms with van der Waals surface area (Å²) in [5, 5.41) is 5.79. The molecule has 2 amide bonds. The molecule has 29 heavy (non-hydrogen) atoms. The maximum atomic E-state index is 12.8. The molecule has 7 nitrogen and oxygen atoms in total. The van der Waals surface area contributed by atoms with Gasteiger partial charge in [-0.1, -0.05) is 23.2 Å². The number of esters is 1. The number of terminal acetylenes is 1. The van der Waals surface area contributed by atoms with Gasteiger partial charge in [-0.15, -0.1) is 12.3 Å². The summed E-state index contributed by atoms with van der Waals surface area (Å²) in [6.07, 6.45) is 4.28. The lowest BCUT2D eigenvalue weighted by molar-refractivity contribution is -0.141. The summed E-state index contributed by atoms with van der Waals surface area (Å²) >= 11 is 12.1. The lowest BCUT2D eigenvalue weighted by Gasteiger charge is -2.24. The Morgan fingerprint density at radius 1 is 1.14 bits per heavy atom. The highest BCUT2D eigenvalue weighted by atomic mass is 35.5. The highest BCUT2D eigenvalue weighted by molar-refractivity contribution is 6.34. The fourth-order valence-corrected chi connectivity index (χ4v) is 2.87. The van der Waals surface area contributed by atoms with E-state index < -0.39 is 35.7 Å². The van der Waals surface area contributed by atoms with Crippen LogP contribution in [0, 0.1) is 12.3 Å². The molecule has 0 radical (unpaired) electrons. The normalized spacial score (nSPS) is 12.9. The molecule has 0 saturated carbocycles. The average Bonchev–Trinajstić information content (AvgIpc) is 2.58. The van der Waals surface area contributed by atoms with E-state index in [0.29, 0.717) is 15.6 Å². The number of halogens is 2. The van der Waals surface area contributed by atoms with E-state index in [9.17, 15) is 14.4 Å². The summed E-state index contributed by atoms with van der Waals surface area (Å²) < 4.78 is 9.85. The molecule has 0 bridgehead atoms. The van der Waals surface area contributed by atoms with Gasteiger partial charge in [0.1, 0.15) is 11.6 Å². The minimum atomic E-state index is -1.07. The second-order valence-electron chi connectivity index (χ2n) is 7.15. The molecule has 9 heteroatoms. The molecule has 0 aliphatic rings. The Labute approximate surface area is 180 Å². The smallest absolute Gasteiger partial charge is 0.408 e. The maximum Gasteiger partial charge on any atom is 0.408 e. The van der Waals surface area contributed by atoms with Crippen molar-refractivity contribution in [2.24, 2.45) is 0 Å². The highest BCUT2D eigenvalue weighted by Crippen LogP contribution is 2.26. The van der Waals surface area contributed by atoms with Crippen LogP contribution in [0.15, 0.2) is 18.2 Å². The molecular formula is C20H24Cl2N2O5. The van der Waals surface area contributed by atoms with Gasteiger partial charge in [0, 0.05) is 16.5 Å². The van der Waals surface area contributed by atoms with Crippen LogP contribution in [0.3, 0.4) is 0 Å². The van der Waals surface area contributed by atoms with Crippen LogP contribution in [0.4, 0.5) is 4.79 Å².